The number of benzene rings is 1. The molecule has 2 nitrogen and oxygen atoms in total. The van der Waals surface area contributed by atoms with Crippen LogP contribution in [-0.4, -0.2) is 11.5 Å². The van der Waals surface area contributed by atoms with Gasteiger partial charge in [0.2, 0.25) is 0 Å². The van der Waals surface area contributed by atoms with Crippen molar-refractivity contribution in [2.75, 3.05) is 6.54 Å². The van der Waals surface area contributed by atoms with Crippen LogP contribution < -0.4 is 5.32 Å². The number of nitrogens with zero attached hydrogens (tertiary/aromatic N) is 1. The summed E-state index contributed by atoms with van der Waals surface area (Å²) in [5.41, 5.74) is 2.98. The molecule has 0 amide bonds. The van der Waals surface area contributed by atoms with Crippen LogP contribution in [0.4, 0.5) is 0 Å². The topological polar surface area (TPSA) is 24.9 Å². The Hall–Kier alpha value is -1.41. The van der Waals surface area contributed by atoms with Gasteiger partial charge in [-0.15, -0.1) is 0 Å². The molecule has 0 atom stereocenters. The lowest BCUT2D eigenvalue weighted by Crippen LogP contribution is -2.36. The minimum absolute atomic E-state index is 0.554. The van der Waals surface area contributed by atoms with Crippen molar-refractivity contribution in [2.24, 2.45) is 5.41 Å². The van der Waals surface area contributed by atoms with Gasteiger partial charge in [0, 0.05) is 24.7 Å². The summed E-state index contributed by atoms with van der Waals surface area (Å²) in [4.78, 5) is 4.34. The van der Waals surface area contributed by atoms with E-state index in [0.29, 0.717) is 5.41 Å². The van der Waals surface area contributed by atoms with E-state index in [2.05, 4.69) is 41.5 Å². The Labute approximate surface area is 108 Å². The molecule has 2 aromatic rings. The van der Waals surface area contributed by atoms with Crippen molar-refractivity contribution in [3.63, 3.8) is 0 Å². The van der Waals surface area contributed by atoms with Gasteiger partial charge >= 0.3 is 0 Å². The number of aromatic nitrogens is 1. The molecule has 1 saturated carbocycles. The highest BCUT2D eigenvalue weighted by atomic mass is 14.9. The highest BCUT2D eigenvalue weighted by molar-refractivity contribution is 5.78. The SMILES string of the molecule is CC1(CNCc2ccc3ncccc3c2)CCC1. The summed E-state index contributed by atoms with van der Waals surface area (Å²) in [5.74, 6) is 0. The third kappa shape index (κ3) is 2.39. The number of hydrogen-bond donors (Lipinski definition) is 1. The lowest BCUT2D eigenvalue weighted by molar-refractivity contribution is 0.156. The van der Waals surface area contributed by atoms with Gasteiger partial charge in [-0.3, -0.25) is 4.98 Å². The van der Waals surface area contributed by atoms with Gasteiger partial charge in [0.05, 0.1) is 5.52 Å². The van der Waals surface area contributed by atoms with E-state index < -0.39 is 0 Å². The third-order valence-corrected chi connectivity index (χ3v) is 4.11. The summed E-state index contributed by atoms with van der Waals surface area (Å²) in [6.45, 7) is 4.48. The van der Waals surface area contributed by atoms with Crippen LogP contribution in [0.2, 0.25) is 0 Å². The van der Waals surface area contributed by atoms with Gasteiger partial charge in [-0.1, -0.05) is 25.5 Å². The van der Waals surface area contributed by atoms with Gasteiger partial charge in [0.1, 0.15) is 0 Å². The van der Waals surface area contributed by atoms with E-state index in [4.69, 9.17) is 0 Å². The first kappa shape index (κ1) is 11.7. The molecule has 0 aliphatic heterocycles. The highest BCUT2D eigenvalue weighted by Gasteiger charge is 2.30. The van der Waals surface area contributed by atoms with Crippen LogP contribution in [0.5, 0.6) is 0 Å². The molecule has 0 spiro atoms. The van der Waals surface area contributed by atoms with Crippen LogP contribution >= 0.6 is 0 Å². The minimum Gasteiger partial charge on any atom is -0.312 e. The predicted octanol–water partition coefficient (Wildman–Crippen LogP) is 3.51. The third-order valence-electron chi connectivity index (χ3n) is 4.11. The summed E-state index contributed by atoms with van der Waals surface area (Å²) < 4.78 is 0. The quantitative estimate of drug-likeness (QED) is 0.884. The normalized spacial score (nSPS) is 17.6. The fourth-order valence-corrected chi connectivity index (χ4v) is 2.70. The first-order chi connectivity index (χ1) is 8.75. The van der Waals surface area contributed by atoms with Gasteiger partial charge in [-0.25, -0.2) is 0 Å². The van der Waals surface area contributed by atoms with Crippen molar-refractivity contribution in [1.82, 2.24) is 10.3 Å². The summed E-state index contributed by atoms with van der Waals surface area (Å²) in [5, 5.41) is 4.82. The predicted molar refractivity (Wildman–Crippen MR) is 75.4 cm³/mol. The van der Waals surface area contributed by atoms with Crippen molar-refractivity contribution in [3.05, 3.63) is 42.1 Å². The lowest BCUT2D eigenvalue weighted by atomic mass is 9.70. The van der Waals surface area contributed by atoms with Crippen LogP contribution in [0.1, 0.15) is 31.7 Å². The fraction of sp³-hybridized carbons (Fsp3) is 0.438. The lowest BCUT2D eigenvalue weighted by Gasteiger charge is -2.38. The molecule has 2 heteroatoms. The van der Waals surface area contributed by atoms with Crippen LogP contribution in [0.15, 0.2) is 36.5 Å². The molecule has 1 fully saturated rings. The van der Waals surface area contributed by atoms with Gasteiger partial charge in [-0.2, -0.15) is 0 Å². The molecular weight excluding hydrogens is 220 g/mol. The van der Waals surface area contributed by atoms with Gasteiger partial charge < -0.3 is 5.32 Å². The van der Waals surface area contributed by atoms with Gasteiger partial charge in [0.15, 0.2) is 0 Å². The molecule has 1 heterocycles. The van der Waals surface area contributed by atoms with Crippen molar-refractivity contribution >= 4 is 10.9 Å². The molecule has 1 aromatic carbocycles. The van der Waals surface area contributed by atoms with E-state index in [-0.39, 0.29) is 0 Å². The molecule has 3 rings (SSSR count). The van der Waals surface area contributed by atoms with Crippen LogP contribution in [0, 0.1) is 5.41 Å². The zero-order valence-electron chi connectivity index (χ0n) is 10.9. The first-order valence-electron chi connectivity index (χ1n) is 6.80. The first-order valence-corrected chi connectivity index (χ1v) is 6.80. The summed E-state index contributed by atoms with van der Waals surface area (Å²) >= 11 is 0. The van der Waals surface area contributed by atoms with E-state index in [1.54, 1.807) is 0 Å². The number of pyridine rings is 1. The van der Waals surface area contributed by atoms with Crippen molar-refractivity contribution in [1.29, 1.82) is 0 Å². The monoisotopic (exact) mass is 240 g/mol. The second-order valence-electron chi connectivity index (χ2n) is 5.80. The maximum Gasteiger partial charge on any atom is 0.0702 e. The largest absolute Gasteiger partial charge is 0.312 e. The Kier molecular flexibility index (Phi) is 3.04. The number of hydrogen-bond acceptors (Lipinski definition) is 2. The molecule has 0 bridgehead atoms. The molecule has 0 saturated heterocycles. The minimum atomic E-state index is 0.554. The second-order valence-corrected chi connectivity index (χ2v) is 5.80. The molecule has 0 unspecified atom stereocenters. The van der Waals surface area contributed by atoms with E-state index >= 15 is 0 Å². The molecule has 1 aliphatic rings. The number of rotatable bonds is 4. The molecule has 1 N–H and O–H groups in total. The average Bonchev–Trinajstić information content (AvgIpc) is 2.37. The van der Waals surface area contributed by atoms with Crippen LogP contribution in [0.25, 0.3) is 10.9 Å². The maximum atomic E-state index is 4.34. The standard InChI is InChI=1S/C16H20N2/c1-16(7-3-8-16)12-17-11-13-5-6-15-14(10-13)4-2-9-18-15/h2,4-6,9-10,17H,3,7-8,11-12H2,1H3. The van der Waals surface area contributed by atoms with E-state index in [1.165, 1.54) is 30.2 Å². The van der Waals surface area contributed by atoms with Crippen molar-refractivity contribution in [3.8, 4) is 0 Å². The molecule has 94 valence electrons. The smallest absolute Gasteiger partial charge is 0.0702 e. The van der Waals surface area contributed by atoms with Gasteiger partial charge in [-0.05, 0) is 42.0 Å². The van der Waals surface area contributed by atoms with Crippen LogP contribution in [-0.2, 0) is 6.54 Å². The highest BCUT2D eigenvalue weighted by Crippen LogP contribution is 2.39. The summed E-state index contributed by atoms with van der Waals surface area (Å²) in [7, 11) is 0. The Morgan fingerprint density at radius 3 is 2.94 bits per heavy atom. The average molecular weight is 240 g/mol. The fourth-order valence-electron chi connectivity index (χ4n) is 2.70. The van der Waals surface area contributed by atoms with Gasteiger partial charge in [0.25, 0.3) is 0 Å². The zero-order chi connectivity index (χ0) is 12.4. The Bertz CT molecular complexity index is 544. The van der Waals surface area contributed by atoms with E-state index in [1.807, 2.05) is 12.3 Å². The van der Waals surface area contributed by atoms with E-state index in [0.717, 1.165) is 18.6 Å². The molecule has 0 radical (unpaired) electrons. The maximum absolute atomic E-state index is 4.34. The summed E-state index contributed by atoms with van der Waals surface area (Å²) in [6.07, 6.45) is 6.00. The number of nitrogens with one attached hydrogen (secondary N) is 1. The Morgan fingerprint density at radius 2 is 2.17 bits per heavy atom. The second kappa shape index (κ2) is 4.69. The molecule has 1 aliphatic carbocycles. The Morgan fingerprint density at radius 1 is 1.28 bits per heavy atom. The number of fused-ring (bicyclic) bond motifs is 1. The molecule has 1 aromatic heterocycles. The van der Waals surface area contributed by atoms with E-state index in [9.17, 15) is 0 Å². The molecular formula is C16H20N2. The van der Waals surface area contributed by atoms with Crippen LogP contribution in [0.3, 0.4) is 0 Å². The van der Waals surface area contributed by atoms with Crippen molar-refractivity contribution in [2.45, 2.75) is 32.7 Å². The zero-order valence-corrected chi connectivity index (χ0v) is 10.9. The summed E-state index contributed by atoms with van der Waals surface area (Å²) in [6, 6.07) is 10.6. The Balaban J connectivity index is 1.64. The van der Waals surface area contributed by atoms with Crippen molar-refractivity contribution < 1.29 is 0 Å². The molecule has 18 heavy (non-hydrogen) atoms.